The minimum atomic E-state index is -0.985. The van der Waals surface area contributed by atoms with Gasteiger partial charge in [0.15, 0.2) is 4.34 Å². The van der Waals surface area contributed by atoms with Crippen LogP contribution < -0.4 is 0 Å². The number of thiazole rings is 1. The van der Waals surface area contributed by atoms with E-state index in [0.29, 0.717) is 9.50 Å². The number of carboxylic acid groups (broad SMARTS) is 1. The first kappa shape index (κ1) is 14.7. The smallest absolute Gasteiger partial charge is 0.347 e. The fourth-order valence-corrected chi connectivity index (χ4v) is 3.62. The predicted molar refractivity (Wildman–Crippen MR) is 81.3 cm³/mol. The molecule has 2 heterocycles. The van der Waals surface area contributed by atoms with Gasteiger partial charge >= 0.3 is 5.97 Å². The summed E-state index contributed by atoms with van der Waals surface area (Å²) in [6, 6.07) is 9.86. The molecule has 2 aromatic heterocycles. The zero-order valence-electron chi connectivity index (χ0n) is 11.4. The maximum Gasteiger partial charge on any atom is 0.347 e. The topological polar surface area (TPSA) is 93.8 Å². The van der Waals surface area contributed by atoms with Crippen LogP contribution in [0.5, 0.6) is 0 Å². The molecule has 3 rings (SSSR count). The molecule has 0 aliphatic rings. The highest BCUT2D eigenvalue weighted by molar-refractivity contribution is 8.00. The van der Waals surface area contributed by atoms with Gasteiger partial charge in [0.25, 0.3) is 0 Å². The predicted octanol–water partition coefficient (Wildman–Crippen LogP) is 2.59. The molecule has 3 aromatic rings. The molecule has 1 N–H and O–H groups in total. The molecule has 0 aliphatic heterocycles. The molecule has 0 spiro atoms. The quantitative estimate of drug-likeness (QED) is 0.767. The molecule has 0 amide bonds. The van der Waals surface area contributed by atoms with Crippen LogP contribution in [0.1, 0.15) is 28.2 Å². The Labute approximate surface area is 134 Å². The Hall–Kier alpha value is -2.26. The summed E-state index contributed by atoms with van der Waals surface area (Å²) in [6.45, 7) is 2.00. The number of hydrogen-bond donors (Lipinski definition) is 1. The van der Waals surface area contributed by atoms with E-state index in [1.165, 1.54) is 18.0 Å². The molecule has 0 aliphatic carbocycles. The lowest BCUT2D eigenvalue weighted by Gasteiger charge is -2.12. The van der Waals surface area contributed by atoms with Crippen LogP contribution in [-0.4, -0.2) is 36.3 Å². The van der Waals surface area contributed by atoms with Crippen molar-refractivity contribution in [2.24, 2.45) is 0 Å². The molecule has 22 heavy (non-hydrogen) atoms. The lowest BCUT2D eigenvalue weighted by Crippen LogP contribution is -2.09. The van der Waals surface area contributed by atoms with Gasteiger partial charge in [0.1, 0.15) is 4.88 Å². The van der Waals surface area contributed by atoms with E-state index in [4.69, 9.17) is 5.11 Å². The van der Waals surface area contributed by atoms with E-state index in [9.17, 15) is 4.79 Å². The van der Waals surface area contributed by atoms with Crippen molar-refractivity contribution < 1.29 is 9.90 Å². The summed E-state index contributed by atoms with van der Waals surface area (Å²) >= 11 is 2.35. The Kier molecular flexibility index (Phi) is 4.16. The van der Waals surface area contributed by atoms with Gasteiger partial charge in [-0.1, -0.05) is 30.3 Å². The number of aromatic carboxylic acids is 1. The molecule has 1 unspecified atom stereocenters. The minimum Gasteiger partial charge on any atom is -0.477 e. The maximum atomic E-state index is 10.9. The summed E-state index contributed by atoms with van der Waals surface area (Å²) in [7, 11) is 0. The summed E-state index contributed by atoms with van der Waals surface area (Å²) in [5, 5.41) is 21.2. The molecular formula is C13H11N5O2S2. The largest absolute Gasteiger partial charge is 0.477 e. The third-order valence-electron chi connectivity index (χ3n) is 2.99. The highest BCUT2D eigenvalue weighted by atomic mass is 32.2. The van der Waals surface area contributed by atoms with Gasteiger partial charge in [0, 0.05) is 0 Å². The number of rotatable bonds is 5. The second-order valence-electron chi connectivity index (χ2n) is 4.39. The second-order valence-corrected chi connectivity index (χ2v) is 6.64. The third-order valence-corrected chi connectivity index (χ3v) is 5.00. The maximum absolute atomic E-state index is 10.9. The summed E-state index contributed by atoms with van der Waals surface area (Å²) in [5.41, 5.74) is 1.09. The van der Waals surface area contributed by atoms with Crippen molar-refractivity contribution >= 4 is 29.1 Å². The van der Waals surface area contributed by atoms with E-state index in [2.05, 4.69) is 20.5 Å². The molecule has 112 valence electrons. The molecule has 1 atom stereocenters. The highest BCUT2D eigenvalue weighted by Crippen LogP contribution is 2.31. The van der Waals surface area contributed by atoms with Gasteiger partial charge in [0.2, 0.25) is 5.16 Å². The van der Waals surface area contributed by atoms with E-state index in [0.717, 1.165) is 16.9 Å². The van der Waals surface area contributed by atoms with E-state index >= 15 is 0 Å². The van der Waals surface area contributed by atoms with Crippen molar-refractivity contribution in [3.63, 3.8) is 0 Å². The first-order valence-electron chi connectivity index (χ1n) is 6.35. The summed E-state index contributed by atoms with van der Waals surface area (Å²) in [6.07, 6.45) is 1.34. The van der Waals surface area contributed by atoms with Crippen molar-refractivity contribution in [2.75, 3.05) is 0 Å². The average Bonchev–Trinajstić information content (AvgIpc) is 3.17. The number of nitrogens with zero attached hydrogens (tertiary/aromatic N) is 5. The number of carboxylic acids is 1. The Bertz CT molecular complexity index is 787. The third kappa shape index (κ3) is 3.00. The number of tetrazole rings is 1. The summed E-state index contributed by atoms with van der Waals surface area (Å²) in [5.74, 6) is -0.985. The van der Waals surface area contributed by atoms with Gasteiger partial charge in [-0.25, -0.2) is 14.5 Å². The van der Waals surface area contributed by atoms with Gasteiger partial charge in [0.05, 0.1) is 12.2 Å². The van der Waals surface area contributed by atoms with Crippen molar-refractivity contribution in [3.8, 4) is 0 Å². The van der Waals surface area contributed by atoms with E-state index in [-0.39, 0.29) is 10.9 Å². The Morgan fingerprint density at radius 3 is 2.82 bits per heavy atom. The van der Waals surface area contributed by atoms with E-state index in [1.807, 2.05) is 37.3 Å². The average molecular weight is 333 g/mol. The SMILES string of the molecule is CC(c1ccccc1)n1nnnc1Sc1ncc(C(=O)O)s1. The fourth-order valence-electron chi connectivity index (χ4n) is 1.85. The first-order chi connectivity index (χ1) is 10.6. The molecule has 0 bridgehead atoms. The van der Waals surface area contributed by atoms with Gasteiger partial charge < -0.3 is 5.11 Å². The van der Waals surface area contributed by atoms with Gasteiger partial charge in [-0.05, 0) is 34.7 Å². The number of aromatic nitrogens is 5. The van der Waals surface area contributed by atoms with Crippen LogP contribution in [0.2, 0.25) is 0 Å². The Morgan fingerprint density at radius 1 is 1.36 bits per heavy atom. The van der Waals surface area contributed by atoms with Crippen LogP contribution in [0.25, 0.3) is 0 Å². The summed E-state index contributed by atoms with van der Waals surface area (Å²) < 4.78 is 2.29. The fraction of sp³-hybridized carbons (Fsp3) is 0.154. The van der Waals surface area contributed by atoms with Gasteiger partial charge in [-0.2, -0.15) is 0 Å². The number of carbonyl (C=O) groups is 1. The van der Waals surface area contributed by atoms with Crippen LogP contribution in [-0.2, 0) is 0 Å². The molecule has 0 radical (unpaired) electrons. The normalized spacial score (nSPS) is 12.2. The van der Waals surface area contributed by atoms with Crippen LogP contribution in [0.15, 0.2) is 46.0 Å². The van der Waals surface area contributed by atoms with Crippen molar-refractivity contribution in [1.82, 2.24) is 25.2 Å². The van der Waals surface area contributed by atoms with Gasteiger partial charge in [-0.3, -0.25) is 0 Å². The molecule has 0 fully saturated rings. The zero-order chi connectivity index (χ0) is 15.5. The van der Waals surface area contributed by atoms with Crippen LogP contribution in [0, 0.1) is 0 Å². The van der Waals surface area contributed by atoms with Crippen molar-refractivity contribution in [1.29, 1.82) is 0 Å². The Morgan fingerprint density at radius 2 is 2.14 bits per heavy atom. The molecule has 7 nitrogen and oxygen atoms in total. The zero-order valence-corrected chi connectivity index (χ0v) is 13.1. The molecule has 1 aromatic carbocycles. The second kappa shape index (κ2) is 6.24. The van der Waals surface area contributed by atoms with Crippen molar-refractivity contribution in [2.45, 2.75) is 22.5 Å². The molecule has 0 saturated carbocycles. The lowest BCUT2D eigenvalue weighted by atomic mass is 10.1. The van der Waals surface area contributed by atoms with Crippen molar-refractivity contribution in [3.05, 3.63) is 47.0 Å². The molecule has 0 saturated heterocycles. The first-order valence-corrected chi connectivity index (χ1v) is 7.98. The number of hydrogen-bond acceptors (Lipinski definition) is 7. The number of benzene rings is 1. The lowest BCUT2D eigenvalue weighted by molar-refractivity contribution is 0.0702. The molecule has 9 heteroatoms. The van der Waals surface area contributed by atoms with E-state index < -0.39 is 5.97 Å². The van der Waals surface area contributed by atoms with Gasteiger partial charge in [-0.15, -0.1) is 16.4 Å². The highest BCUT2D eigenvalue weighted by Gasteiger charge is 2.18. The van der Waals surface area contributed by atoms with Crippen LogP contribution in [0.4, 0.5) is 0 Å². The monoisotopic (exact) mass is 333 g/mol. The molecular weight excluding hydrogens is 322 g/mol. The standard InChI is InChI=1S/C13H11N5O2S2/c1-8(9-5-3-2-4-6-9)18-12(15-16-17-18)22-13-14-7-10(21-13)11(19)20/h2-8H,1H3,(H,19,20). The summed E-state index contributed by atoms with van der Waals surface area (Å²) in [4.78, 5) is 15.2. The minimum absolute atomic E-state index is 0.0300. The van der Waals surface area contributed by atoms with Crippen LogP contribution >= 0.6 is 23.1 Å². The Balaban J connectivity index is 1.84. The van der Waals surface area contributed by atoms with Crippen LogP contribution in [0.3, 0.4) is 0 Å². The van der Waals surface area contributed by atoms with E-state index in [1.54, 1.807) is 4.68 Å².